The summed E-state index contributed by atoms with van der Waals surface area (Å²) in [6, 6.07) is 0. The van der Waals surface area contributed by atoms with E-state index in [2.05, 4.69) is 18.2 Å². The van der Waals surface area contributed by atoms with Crippen molar-refractivity contribution in [1.29, 1.82) is 0 Å². The highest BCUT2D eigenvalue weighted by atomic mass is 14.6. The van der Waals surface area contributed by atoms with Gasteiger partial charge < -0.3 is 5.73 Å². The Kier molecular flexibility index (Phi) is 2.53. The Morgan fingerprint density at radius 1 is 0.923 bits per heavy atom. The summed E-state index contributed by atoms with van der Waals surface area (Å²) in [5.41, 5.74) is 9.78. The molecule has 0 unspecified atom stereocenters. The second kappa shape index (κ2) is 3.82. The summed E-state index contributed by atoms with van der Waals surface area (Å²) in [4.78, 5) is 0. The van der Waals surface area contributed by atoms with E-state index in [0.717, 1.165) is 12.1 Å². The van der Waals surface area contributed by atoms with Crippen molar-refractivity contribution < 1.29 is 0 Å². The second-order valence-electron chi connectivity index (χ2n) is 3.89. The molecule has 70 valence electrons. The number of nitrogens with two attached hydrogens (primary N) is 1. The van der Waals surface area contributed by atoms with Crippen LogP contribution in [0, 0.1) is 0 Å². The molecule has 0 spiro atoms. The van der Waals surface area contributed by atoms with Gasteiger partial charge in [-0.15, -0.1) is 0 Å². The SMILES string of the molecule is NC1=CCCC(C2=CCCCC2)=C1. The summed E-state index contributed by atoms with van der Waals surface area (Å²) < 4.78 is 0. The second-order valence-corrected chi connectivity index (χ2v) is 3.89. The smallest absolute Gasteiger partial charge is 0.0276 e. The minimum Gasteiger partial charge on any atom is -0.399 e. The predicted molar refractivity (Wildman–Crippen MR) is 56.1 cm³/mol. The molecule has 1 nitrogen and oxygen atoms in total. The fraction of sp³-hybridized carbons (Fsp3) is 0.500. The van der Waals surface area contributed by atoms with Crippen LogP contribution in [0.2, 0.25) is 0 Å². The van der Waals surface area contributed by atoms with E-state index in [4.69, 9.17) is 5.73 Å². The van der Waals surface area contributed by atoms with Crippen molar-refractivity contribution in [3.63, 3.8) is 0 Å². The molecule has 0 amide bonds. The molecular formula is C12H17N. The highest BCUT2D eigenvalue weighted by molar-refractivity contribution is 5.39. The van der Waals surface area contributed by atoms with Gasteiger partial charge in [-0.2, -0.15) is 0 Å². The van der Waals surface area contributed by atoms with Crippen molar-refractivity contribution in [3.05, 3.63) is 35.1 Å². The summed E-state index contributed by atoms with van der Waals surface area (Å²) in [6.07, 6.45) is 14.2. The molecule has 0 aromatic carbocycles. The van der Waals surface area contributed by atoms with Crippen LogP contribution in [0.5, 0.6) is 0 Å². The molecule has 0 aromatic heterocycles. The fourth-order valence-corrected chi connectivity index (χ4v) is 2.11. The minimum atomic E-state index is 0.952. The third-order valence-electron chi connectivity index (χ3n) is 2.84. The van der Waals surface area contributed by atoms with Gasteiger partial charge in [0.05, 0.1) is 0 Å². The monoisotopic (exact) mass is 175 g/mol. The highest BCUT2D eigenvalue weighted by Gasteiger charge is 2.10. The highest BCUT2D eigenvalue weighted by Crippen LogP contribution is 2.29. The Balaban J connectivity index is 2.15. The third kappa shape index (κ3) is 2.03. The van der Waals surface area contributed by atoms with Crippen LogP contribution in [-0.4, -0.2) is 0 Å². The lowest BCUT2D eigenvalue weighted by atomic mass is 9.89. The molecule has 2 aliphatic rings. The lowest BCUT2D eigenvalue weighted by Gasteiger charge is -2.18. The molecule has 0 saturated carbocycles. The molecular weight excluding hydrogens is 158 g/mol. The predicted octanol–water partition coefficient (Wildman–Crippen LogP) is 3.05. The van der Waals surface area contributed by atoms with Crippen molar-refractivity contribution >= 4 is 0 Å². The van der Waals surface area contributed by atoms with Crippen molar-refractivity contribution in [1.82, 2.24) is 0 Å². The Hall–Kier alpha value is -0.980. The van der Waals surface area contributed by atoms with Gasteiger partial charge >= 0.3 is 0 Å². The lowest BCUT2D eigenvalue weighted by molar-refractivity contribution is 0.698. The van der Waals surface area contributed by atoms with E-state index in [1.54, 1.807) is 5.57 Å². The molecule has 0 fully saturated rings. The first-order chi connectivity index (χ1) is 6.36. The van der Waals surface area contributed by atoms with Crippen LogP contribution in [0.15, 0.2) is 35.1 Å². The molecule has 0 aromatic rings. The zero-order valence-corrected chi connectivity index (χ0v) is 8.05. The van der Waals surface area contributed by atoms with Crippen LogP contribution >= 0.6 is 0 Å². The summed E-state index contributed by atoms with van der Waals surface area (Å²) >= 11 is 0. The largest absolute Gasteiger partial charge is 0.399 e. The molecule has 0 aliphatic heterocycles. The van der Waals surface area contributed by atoms with Crippen molar-refractivity contribution in [3.8, 4) is 0 Å². The lowest BCUT2D eigenvalue weighted by Crippen LogP contribution is -2.03. The average molecular weight is 175 g/mol. The van der Waals surface area contributed by atoms with Crippen LogP contribution < -0.4 is 5.73 Å². The summed E-state index contributed by atoms with van der Waals surface area (Å²) in [6.45, 7) is 0. The number of hydrogen-bond donors (Lipinski definition) is 1. The normalized spacial score (nSPS) is 23.2. The first-order valence-corrected chi connectivity index (χ1v) is 5.22. The van der Waals surface area contributed by atoms with E-state index in [1.165, 1.54) is 37.7 Å². The summed E-state index contributed by atoms with van der Waals surface area (Å²) in [5, 5.41) is 0. The first kappa shape index (κ1) is 8.61. The van der Waals surface area contributed by atoms with Gasteiger partial charge in [-0.05, 0) is 55.7 Å². The van der Waals surface area contributed by atoms with Gasteiger partial charge in [-0.1, -0.05) is 12.2 Å². The quantitative estimate of drug-likeness (QED) is 0.651. The van der Waals surface area contributed by atoms with Crippen molar-refractivity contribution in [2.24, 2.45) is 5.73 Å². The van der Waals surface area contributed by atoms with Gasteiger partial charge in [-0.3, -0.25) is 0 Å². The Labute approximate surface area is 80.0 Å². The maximum Gasteiger partial charge on any atom is 0.0276 e. The zero-order chi connectivity index (χ0) is 9.10. The van der Waals surface area contributed by atoms with Crippen LogP contribution in [0.4, 0.5) is 0 Å². The summed E-state index contributed by atoms with van der Waals surface area (Å²) in [7, 11) is 0. The Bertz CT molecular complexity index is 281. The molecule has 2 N–H and O–H groups in total. The Morgan fingerprint density at radius 3 is 2.54 bits per heavy atom. The van der Waals surface area contributed by atoms with Gasteiger partial charge in [0, 0.05) is 5.70 Å². The molecule has 0 heterocycles. The fourth-order valence-electron chi connectivity index (χ4n) is 2.11. The van der Waals surface area contributed by atoms with Crippen LogP contribution in [0.25, 0.3) is 0 Å². The van der Waals surface area contributed by atoms with E-state index in [-0.39, 0.29) is 0 Å². The zero-order valence-electron chi connectivity index (χ0n) is 8.05. The molecule has 0 saturated heterocycles. The average Bonchev–Trinajstić information content (AvgIpc) is 2.19. The van der Waals surface area contributed by atoms with Gasteiger partial charge in [0.15, 0.2) is 0 Å². The number of rotatable bonds is 1. The maximum atomic E-state index is 5.79. The molecule has 2 rings (SSSR count). The van der Waals surface area contributed by atoms with Crippen molar-refractivity contribution in [2.75, 3.05) is 0 Å². The van der Waals surface area contributed by atoms with Crippen LogP contribution in [-0.2, 0) is 0 Å². The van der Waals surface area contributed by atoms with Gasteiger partial charge in [0.25, 0.3) is 0 Å². The van der Waals surface area contributed by atoms with Gasteiger partial charge in [0.1, 0.15) is 0 Å². The molecule has 13 heavy (non-hydrogen) atoms. The molecule has 0 radical (unpaired) electrons. The van der Waals surface area contributed by atoms with E-state index >= 15 is 0 Å². The van der Waals surface area contributed by atoms with Gasteiger partial charge in [-0.25, -0.2) is 0 Å². The van der Waals surface area contributed by atoms with E-state index in [0.29, 0.717) is 0 Å². The van der Waals surface area contributed by atoms with Crippen LogP contribution in [0.1, 0.15) is 38.5 Å². The molecule has 1 heteroatoms. The maximum absolute atomic E-state index is 5.79. The van der Waals surface area contributed by atoms with E-state index < -0.39 is 0 Å². The summed E-state index contributed by atoms with van der Waals surface area (Å²) in [5.74, 6) is 0. The molecule has 2 aliphatic carbocycles. The topological polar surface area (TPSA) is 26.0 Å². The number of allylic oxidation sites excluding steroid dienone is 5. The van der Waals surface area contributed by atoms with Crippen LogP contribution in [0.3, 0.4) is 0 Å². The molecule has 0 atom stereocenters. The van der Waals surface area contributed by atoms with E-state index in [9.17, 15) is 0 Å². The Morgan fingerprint density at radius 2 is 1.85 bits per heavy atom. The third-order valence-corrected chi connectivity index (χ3v) is 2.84. The first-order valence-electron chi connectivity index (χ1n) is 5.22. The van der Waals surface area contributed by atoms with Crippen molar-refractivity contribution in [2.45, 2.75) is 38.5 Å². The minimum absolute atomic E-state index is 0.952. The standard InChI is InChI=1S/C12H17N/c13-12-8-4-7-11(9-12)10-5-2-1-3-6-10/h5,8-9H,1-4,6-7,13H2. The number of hydrogen-bond acceptors (Lipinski definition) is 1. The van der Waals surface area contributed by atoms with E-state index in [1.807, 2.05) is 0 Å². The molecule has 0 bridgehead atoms. The van der Waals surface area contributed by atoms with Gasteiger partial charge in [0.2, 0.25) is 0 Å².